The molecule has 9 rings (SSSR count). The standard InChI is InChI=1S/C44H46F2N10O6S/c1-25(2)55-26(3)48-40-34(45)20-28(21-37(40)55)39-35(46)23-47-44(51-39)49-29-4-7-31(8-5-29)63(61,62)54-18-16-52(17-19-54)24-27-12-14-53(15-13-27)30-6-9-32-33(22-30)43(60)56(42(32)59)36-10-11-38(57)50-41(36)58/h4-9,20-23,25,27,36H,10-19,24H2,1-3H3,(H,47,49,51)(H,50,57,58). The van der Waals surface area contributed by atoms with E-state index in [0.717, 1.165) is 49.3 Å². The number of nitrogens with one attached hydrogen (secondary N) is 2. The van der Waals surface area contributed by atoms with Crippen molar-refractivity contribution in [2.75, 3.05) is 56.0 Å². The summed E-state index contributed by atoms with van der Waals surface area (Å²) >= 11 is 0. The third kappa shape index (κ3) is 7.93. The van der Waals surface area contributed by atoms with Crippen LogP contribution in [0.2, 0.25) is 0 Å². The van der Waals surface area contributed by atoms with E-state index in [1.807, 2.05) is 24.5 Å². The van der Waals surface area contributed by atoms with E-state index in [1.165, 1.54) is 22.5 Å². The molecule has 6 heterocycles. The Bertz CT molecular complexity index is 2780. The molecule has 328 valence electrons. The number of imidazole rings is 1. The Labute approximate surface area is 362 Å². The van der Waals surface area contributed by atoms with Gasteiger partial charge in [-0.25, -0.2) is 32.2 Å². The summed E-state index contributed by atoms with van der Waals surface area (Å²) in [5.41, 5.74) is 2.67. The minimum atomic E-state index is -3.78. The van der Waals surface area contributed by atoms with Crippen LogP contribution >= 0.6 is 0 Å². The average Bonchev–Trinajstić information content (AvgIpc) is 3.73. The molecule has 3 fully saturated rings. The Kier molecular flexibility index (Phi) is 11.0. The van der Waals surface area contributed by atoms with Gasteiger partial charge in [-0.2, -0.15) is 4.31 Å². The number of nitrogens with zero attached hydrogens (tertiary/aromatic N) is 8. The maximum Gasteiger partial charge on any atom is 0.262 e. The van der Waals surface area contributed by atoms with E-state index in [9.17, 15) is 27.6 Å². The molecule has 0 aliphatic carbocycles. The summed E-state index contributed by atoms with van der Waals surface area (Å²) in [6.07, 6.45) is 2.96. The van der Waals surface area contributed by atoms with Crippen LogP contribution in [-0.2, 0) is 19.6 Å². The maximum atomic E-state index is 15.2. The molecule has 1 unspecified atom stereocenters. The van der Waals surface area contributed by atoms with E-state index in [0.29, 0.717) is 49.1 Å². The van der Waals surface area contributed by atoms with Gasteiger partial charge < -0.3 is 19.7 Å². The third-order valence-corrected chi connectivity index (χ3v) is 14.4. The van der Waals surface area contributed by atoms with Gasteiger partial charge in [0.05, 0.1) is 27.7 Å². The smallest absolute Gasteiger partial charge is 0.262 e. The van der Waals surface area contributed by atoms with Crippen molar-refractivity contribution in [2.24, 2.45) is 5.92 Å². The molecule has 4 aliphatic heterocycles. The number of halogens is 2. The quantitative estimate of drug-likeness (QED) is 0.179. The Morgan fingerprint density at radius 2 is 1.56 bits per heavy atom. The number of piperazine rings is 1. The van der Waals surface area contributed by atoms with Gasteiger partial charge in [0.15, 0.2) is 11.6 Å². The number of anilines is 3. The van der Waals surface area contributed by atoms with Gasteiger partial charge in [-0.3, -0.25) is 29.4 Å². The predicted octanol–water partition coefficient (Wildman–Crippen LogP) is 5.03. The molecule has 4 amide bonds. The van der Waals surface area contributed by atoms with Gasteiger partial charge in [0, 0.05) is 75.2 Å². The number of amides is 4. The van der Waals surface area contributed by atoms with Crippen LogP contribution in [0.1, 0.15) is 72.1 Å². The number of carbonyl (C=O) groups excluding carboxylic acids is 4. The van der Waals surface area contributed by atoms with E-state index < -0.39 is 51.3 Å². The van der Waals surface area contributed by atoms with Crippen molar-refractivity contribution in [3.05, 3.63) is 89.4 Å². The van der Waals surface area contributed by atoms with Crippen LogP contribution in [0.5, 0.6) is 0 Å². The van der Waals surface area contributed by atoms with Crippen molar-refractivity contribution in [3.63, 3.8) is 0 Å². The van der Waals surface area contributed by atoms with Crippen LogP contribution in [0.3, 0.4) is 0 Å². The van der Waals surface area contributed by atoms with Gasteiger partial charge in [-0.15, -0.1) is 0 Å². The lowest BCUT2D eigenvalue weighted by molar-refractivity contribution is -0.136. The second kappa shape index (κ2) is 16.5. The van der Waals surface area contributed by atoms with Crippen LogP contribution in [0.4, 0.5) is 26.1 Å². The Balaban J connectivity index is 0.774. The van der Waals surface area contributed by atoms with Gasteiger partial charge in [0.2, 0.25) is 27.8 Å². The first-order chi connectivity index (χ1) is 30.2. The van der Waals surface area contributed by atoms with Crippen molar-refractivity contribution >= 4 is 62.0 Å². The predicted molar refractivity (Wildman–Crippen MR) is 229 cm³/mol. The van der Waals surface area contributed by atoms with Gasteiger partial charge in [-0.05, 0) is 101 Å². The molecule has 3 saturated heterocycles. The van der Waals surface area contributed by atoms with Crippen LogP contribution < -0.4 is 15.5 Å². The Hall–Kier alpha value is -6.18. The Morgan fingerprint density at radius 1 is 0.841 bits per heavy atom. The van der Waals surface area contributed by atoms with Gasteiger partial charge in [0.1, 0.15) is 23.1 Å². The molecule has 0 spiro atoms. The molecule has 3 aromatic carbocycles. The highest BCUT2D eigenvalue weighted by Gasteiger charge is 2.45. The molecule has 19 heteroatoms. The lowest BCUT2D eigenvalue weighted by Gasteiger charge is -2.39. The number of hydrogen-bond acceptors (Lipinski definition) is 12. The van der Waals surface area contributed by atoms with E-state index in [1.54, 1.807) is 37.3 Å². The zero-order valence-electron chi connectivity index (χ0n) is 35.0. The lowest BCUT2D eigenvalue weighted by Crippen LogP contribution is -2.54. The lowest BCUT2D eigenvalue weighted by atomic mass is 9.95. The first-order valence-corrected chi connectivity index (χ1v) is 22.5. The van der Waals surface area contributed by atoms with E-state index in [2.05, 4.69) is 35.4 Å². The average molecular weight is 881 g/mol. The van der Waals surface area contributed by atoms with E-state index in [-0.39, 0.29) is 57.6 Å². The van der Waals surface area contributed by atoms with Gasteiger partial charge in [-0.1, -0.05) is 0 Å². The summed E-state index contributed by atoms with van der Waals surface area (Å²) in [5, 5.41) is 5.22. The summed E-state index contributed by atoms with van der Waals surface area (Å²) in [5.74, 6) is -2.35. The fourth-order valence-electron chi connectivity index (χ4n) is 9.22. The molecule has 0 bridgehead atoms. The van der Waals surface area contributed by atoms with Crippen molar-refractivity contribution in [3.8, 4) is 11.3 Å². The molecule has 2 aromatic heterocycles. The third-order valence-electron chi connectivity index (χ3n) is 12.5. The summed E-state index contributed by atoms with van der Waals surface area (Å²) in [7, 11) is -3.78. The number of aryl methyl sites for hydroxylation is 1. The molecular weight excluding hydrogens is 835 g/mol. The normalized spacial score (nSPS) is 19.4. The number of piperidine rings is 2. The van der Waals surface area contributed by atoms with Crippen LogP contribution in [0.15, 0.2) is 65.7 Å². The Morgan fingerprint density at radius 3 is 2.25 bits per heavy atom. The van der Waals surface area contributed by atoms with Crippen molar-refractivity contribution in [1.29, 1.82) is 0 Å². The molecule has 5 aromatic rings. The summed E-state index contributed by atoms with van der Waals surface area (Å²) < 4.78 is 61.0. The molecule has 0 radical (unpaired) electrons. The second-order valence-electron chi connectivity index (χ2n) is 16.8. The highest BCUT2D eigenvalue weighted by atomic mass is 32.2. The van der Waals surface area contributed by atoms with Crippen molar-refractivity contribution in [2.45, 2.75) is 63.4 Å². The highest BCUT2D eigenvalue weighted by molar-refractivity contribution is 7.89. The zero-order chi connectivity index (χ0) is 44.3. The monoisotopic (exact) mass is 880 g/mol. The SMILES string of the molecule is Cc1nc2c(F)cc(-c3nc(Nc4ccc(S(=O)(=O)N5CCN(CC6CCN(c7ccc8c(c7)C(=O)N(C7CCC(=O)NC7=O)C8=O)CC6)CC5)cc4)ncc3F)cc2n1C(C)C. The van der Waals surface area contributed by atoms with Crippen molar-refractivity contribution < 1.29 is 36.4 Å². The summed E-state index contributed by atoms with van der Waals surface area (Å²) in [6.45, 7) is 9.89. The number of aromatic nitrogens is 4. The zero-order valence-corrected chi connectivity index (χ0v) is 35.8. The van der Waals surface area contributed by atoms with E-state index in [4.69, 9.17) is 0 Å². The molecule has 63 heavy (non-hydrogen) atoms. The summed E-state index contributed by atoms with van der Waals surface area (Å²) in [4.78, 5) is 68.9. The fourth-order valence-corrected chi connectivity index (χ4v) is 10.6. The number of rotatable bonds is 10. The van der Waals surface area contributed by atoms with Crippen LogP contribution in [0.25, 0.3) is 22.3 Å². The number of carbonyl (C=O) groups is 4. The van der Waals surface area contributed by atoms with Gasteiger partial charge >= 0.3 is 0 Å². The first kappa shape index (κ1) is 42.1. The molecule has 4 aliphatic rings. The molecular formula is C44H46F2N10O6S. The number of hydrogen-bond donors (Lipinski definition) is 2. The van der Waals surface area contributed by atoms with E-state index >= 15 is 8.78 Å². The highest BCUT2D eigenvalue weighted by Crippen LogP contribution is 2.34. The fraction of sp³-hybridized carbons (Fsp3) is 0.386. The number of sulfonamides is 1. The molecule has 0 saturated carbocycles. The second-order valence-corrected chi connectivity index (χ2v) is 18.7. The number of benzene rings is 3. The topological polar surface area (TPSA) is 183 Å². The van der Waals surface area contributed by atoms with Crippen molar-refractivity contribution in [1.82, 2.24) is 38.9 Å². The van der Waals surface area contributed by atoms with Gasteiger partial charge in [0.25, 0.3) is 11.8 Å². The van der Waals surface area contributed by atoms with Crippen LogP contribution in [-0.4, -0.2) is 118 Å². The largest absolute Gasteiger partial charge is 0.371 e. The number of fused-ring (bicyclic) bond motifs is 2. The number of imide groups is 2. The molecule has 1 atom stereocenters. The minimum Gasteiger partial charge on any atom is -0.371 e. The molecule has 2 N–H and O–H groups in total. The molecule has 16 nitrogen and oxygen atoms in total. The first-order valence-electron chi connectivity index (χ1n) is 21.1. The van der Waals surface area contributed by atoms with Crippen LogP contribution in [0, 0.1) is 24.5 Å². The minimum absolute atomic E-state index is 0.00248. The maximum absolute atomic E-state index is 15.2. The summed E-state index contributed by atoms with van der Waals surface area (Å²) in [6, 6.07) is 13.2.